The second-order valence-corrected chi connectivity index (χ2v) is 12.1. The molecule has 22 heteroatoms. The standard InChI is InChI=1S/C26H30N10O10S2/c1-45-25-33-21(27-9-11-37)31-23(35-25)29-17-7-5-15(19(13-17)47(39,40)41)3-4-16-6-8-18(14-20(16)48(42,43)44)30-24-32-22(28-10-12-38)34-26(36-24)46-2/h3-8,13-14,37-38H,9-12H2,1-2H3,(H,39,40,41)(H,42,43,44)(H2,27,29,31,33,35)(H2,28,30,32,34,36). The molecule has 256 valence electrons. The Hall–Kier alpha value is -5.26. The Balaban J connectivity index is 1.65. The Morgan fingerprint density at radius 2 is 1.00 bits per heavy atom. The lowest BCUT2D eigenvalue weighted by atomic mass is 10.1. The highest BCUT2D eigenvalue weighted by atomic mass is 32.2. The molecule has 2 aromatic carbocycles. The predicted molar refractivity (Wildman–Crippen MR) is 172 cm³/mol. The summed E-state index contributed by atoms with van der Waals surface area (Å²) in [7, 11) is -6.98. The van der Waals surface area contributed by atoms with Gasteiger partial charge in [0.05, 0.1) is 27.4 Å². The van der Waals surface area contributed by atoms with Crippen molar-refractivity contribution in [3.63, 3.8) is 0 Å². The van der Waals surface area contributed by atoms with E-state index in [0.29, 0.717) is 0 Å². The Morgan fingerprint density at radius 3 is 1.33 bits per heavy atom. The van der Waals surface area contributed by atoms with Crippen LogP contribution in [0.5, 0.6) is 12.0 Å². The van der Waals surface area contributed by atoms with Gasteiger partial charge in [-0.1, -0.05) is 24.3 Å². The quantitative estimate of drug-likeness (QED) is 0.0596. The van der Waals surface area contributed by atoms with E-state index in [9.17, 15) is 25.9 Å². The highest BCUT2D eigenvalue weighted by Gasteiger charge is 2.19. The molecule has 0 unspecified atom stereocenters. The fourth-order valence-corrected chi connectivity index (χ4v) is 5.30. The minimum Gasteiger partial charge on any atom is -0.467 e. The summed E-state index contributed by atoms with van der Waals surface area (Å²) in [6.45, 7) is -0.119. The number of aliphatic hydroxyl groups is 2. The van der Waals surface area contributed by atoms with Crippen LogP contribution in [0.15, 0.2) is 46.2 Å². The number of methoxy groups -OCH3 is 2. The first-order chi connectivity index (χ1) is 22.8. The fraction of sp³-hybridized carbons (Fsp3) is 0.231. The summed E-state index contributed by atoms with van der Waals surface area (Å²) in [5.74, 6) is 0.0338. The number of benzene rings is 2. The lowest BCUT2D eigenvalue weighted by molar-refractivity contribution is 0.310. The van der Waals surface area contributed by atoms with Crippen LogP contribution < -0.4 is 30.7 Å². The van der Waals surface area contributed by atoms with Crippen molar-refractivity contribution in [1.82, 2.24) is 29.9 Å². The highest BCUT2D eigenvalue weighted by molar-refractivity contribution is 7.86. The molecule has 2 heterocycles. The van der Waals surface area contributed by atoms with Gasteiger partial charge in [0.1, 0.15) is 9.79 Å². The molecule has 0 aliphatic carbocycles. The van der Waals surface area contributed by atoms with Crippen molar-refractivity contribution in [1.29, 1.82) is 0 Å². The number of rotatable bonds is 16. The number of hydrogen-bond acceptors (Lipinski definition) is 18. The molecule has 0 radical (unpaired) electrons. The van der Waals surface area contributed by atoms with Crippen molar-refractivity contribution in [3.8, 4) is 12.0 Å². The molecule has 0 atom stereocenters. The van der Waals surface area contributed by atoms with Crippen LogP contribution in [0.1, 0.15) is 11.1 Å². The maximum absolute atomic E-state index is 12.3. The van der Waals surface area contributed by atoms with E-state index in [-0.39, 0.29) is 84.6 Å². The van der Waals surface area contributed by atoms with Gasteiger partial charge in [0.2, 0.25) is 23.8 Å². The maximum atomic E-state index is 12.3. The summed E-state index contributed by atoms with van der Waals surface area (Å²) >= 11 is 0. The highest BCUT2D eigenvalue weighted by Crippen LogP contribution is 2.28. The number of aromatic nitrogens is 6. The second kappa shape index (κ2) is 15.6. The van der Waals surface area contributed by atoms with E-state index in [1.54, 1.807) is 0 Å². The van der Waals surface area contributed by atoms with Crippen LogP contribution in [-0.2, 0) is 20.2 Å². The van der Waals surface area contributed by atoms with Crippen LogP contribution >= 0.6 is 0 Å². The van der Waals surface area contributed by atoms with Gasteiger partial charge in [0.25, 0.3) is 20.2 Å². The lowest BCUT2D eigenvalue weighted by Crippen LogP contribution is -2.11. The topological polar surface area (TPSA) is 293 Å². The lowest BCUT2D eigenvalue weighted by Gasteiger charge is -2.12. The molecular weight excluding hydrogens is 676 g/mol. The zero-order valence-corrected chi connectivity index (χ0v) is 26.8. The van der Waals surface area contributed by atoms with Gasteiger partial charge in [-0.25, -0.2) is 0 Å². The van der Waals surface area contributed by atoms with E-state index in [4.69, 9.17) is 19.7 Å². The Morgan fingerprint density at radius 1 is 0.625 bits per heavy atom. The predicted octanol–water partition coefficient (Wildman–Crippen LogP) is 1.03. The smallest absolute Gasteiger partial charge is 0.322 e. The molecule has 0 fully saturated rings. The van der Waals surface area contributed by atoms with Gasteiger partial charge in [0.15, 0.2) is 0 Å². The van der Waals surface area contributed by atoms with Crippen molar-refractivity contribution in [2.24, 2.45) is 0 Å². The molecule has 48 heavy (non-hydrogen) atoms. The minimum atomic E-state index is -4.82. The fourth-order valence-electron chi connectivity index (χ4n) is 3.89. The van der Waals surface area contributed by atoms with Crippen molar-refractivity contribution < 1.29 is 45.6 Å². The van der Waals surface area contributed by atoms with Crippen molar-refractivity contribution in [2.45, 2.75) is 9.79 Å². The number of anilines is 6. The van der Waals surface area contributed by atoms with Crippen molar-refractivity contribution in [2.75, 3.05) is 61.8 Å². The van der Waals surface area contributed by atoms with Crippen molar-refractivity contribution >= 4 is 67.6 Å². The zero-order chi connectivity index (χ0) is 34.9. The third-order valence-electron chi connectivity index (χ3n) is 5.92. The average molecular weight is 707 g/mol. The molecule has 20 nitrogen and oxygen atoms in total. The number of nitrogens with one attached hydrogen (secondary N) is 4. The van der Waals surface area contributed by atoms with E-state index in [0.717, 1.165) is 12.1 Å². The van der Waals surface area contributed by atoms with Gasteiger partial charge in [-0.2, -0.15) is 46.7 Å². The average Bonchev–Trinajstić information content (AvgIpc) is 3.05. The third-order valence-corrected chi connectivity index (χ3v) is 7.74. The summed E-state index contributed by atoms with van der Waals surface area (Å²) in [5.41, 5.74) is 0.204. The monoisotopic (exact) mass is 706 g/mol. The van der Waals surface area contributed by atoms with Gasteiger partial charge >= 0.3 is 12.0 Å². The maximum Gasteiger partial charge on any atom is 0.322 e. The van der Waals surface area contributed by atoms with Crippen molar-refractivity contribution in [3.05, 3.63) is 47.5 Å². The van der Waals surface area contributed by atoms with Crippen LogP contribution in [0.2, 0.25) is 0 Å². The Labute approximate surface area is 273 Å². The van der Waals surface area contributed by atoms with Crippen LogP contribution in [0.25, 0.3) is 12.2 Å². The van der Waals surface area contributed by atoms with Gasteiger partial charge in [-0.3, -0.25) is 9.11 Å². The molecular formula is C26H30N10O10S2. The molecule has 0 bridgehead atoms. The van der Waals surface area contributed by atoms with Gasteiger partial charge in [-0.05, 0) is 35.4 Å². The molecule has 2 aromatic heterocycles. The van der Waals surface area contributed by atoms with Gasteiger partial charge in [-0.15, -0.1) is 0 Å². The SMILES string of the molecule is COc1nc(NCCO)nc(Nc2ccc(C=Cc3ccc(Nc4nc(NCCO)nc(OC)n4)cc3S(=O)(=O)O)c(S(=O)(=O)O)c2)n1. The zero-order valence-electron chi connectivity index (χ0n) is 25.2. The number of ether oxygens (including phenoxy) is 2. The molecule has 4 rings (SSSR count). The second-order valence-electron chi connectivity index (χ2n) is 9.28. The van der Waals surface area contributed by atoms with Gasteiger partial charge < -0.3 is 41.0 Å². The first-order valence-corrected chi connectivity index (χ1v) is 16.5. The van der Waals surface area contributed by atoms with E-state index in [1.165, 1.54) is 50.6 Å². The summed E-state index contributed by atoms with van der Waals surface area (Å²) in [6.07, 6.45) is 2.45. The van der Waals surface area contributed by atoms with E-state index < -0.39 is 30.0 Å². The molecule has 0 saturated heterocycles. The molecule has 0 amide bonds. The summed E-state index contributed by atoms with van der Waals surface area (Å²) in [5, 5.41) is 29.2. The summed E-state index contributed by atoms with van der Waals surface area (Å²) in [4.78, 5) is 23.2. The molecule has 4 aromatic rings. The van der Waals surface area contributed by atoms with Crippen LogP contribution in [0.3, 0.4) is 0 Å². The van der Waals surface area contributed by atoms with Crippen LogP contribution in [0, 0.1) is 0 Å². The van der Waals surface area contributed by atoms with E-state index >= 15 is 0 Å². The first-order valence-electron chi connectivity index (χ1n) is 13.6. The van der Waals surface area contributed by atoms with Crippen LogP contribution in [-0.4, -0.2) is 107 Å². The Kier molecular flexibility index (Phi) is 11.5. The van der Waals surface area contributed by atoms with E-state index in [2.05, 4.69) is 51.2 Å². The third kappa shape index (κ3) is 9.63. The minimum absolute atomic E-state index is 0.0368. The molecule has 0 spiro atoms. The molecule has 0 aliphatic rings. The molecule has 0 aliphatic heterocycles. The molecule has 0 saturated carbocycles. The van der Waals surface area contributed by atoms with E-state index in [1.807, 2.05) is 0 Å². The summed E-state index contributed by atoms with van der Waals surface area (Å²) in [6, 6.07) is 7.56. The number of aliphatic hydroxyl groups excluding tert-OH is 2. The normalized spacial score (nSPS) is 11.7. The number of nitrogens with zero attached hydrogens (tertiary/aromatic N) is 6. The first kappa shape index (κ1) is 35.6. The van der Waals surface area contributed by atoms with Gasteiger partial charge in [0, 0.05) is 24.5 Å². The number of hydrogen-bond donors (Lipinski definition) is 8. The largest absolute Gasteiger partial charge is 0.467 e. The van der Waals surface area contributed by atoms with Crippen LogP contribution in [0.4, 0.5) is 35.2 Å². The molecule has 8 N–H and O–H groups in total. The Bertz CT molecular complexity index is 1870. The summed E-state index contributed by atoms with van der Waals surface area (Å²) < 4.78 is 79.3.